The maximum absolute atomic E-state index is 12.7. The molecule has 0 radical (unpaired) electrons. The highest BCUT2D eigenvalue weighted by atomic mass is 19.1. The molecule has 0 saturated heterocycles. The van der Waals surface area contributed by atoms with Gasteiger partial charge in [0.1, 0.15) is 11.6 Å². The van der Waals surface area contributed by atoms with Crippen LogP contribution in [-0.2, 0) is 13.1 Å². The number of benzene rings is 1. The molecule has 0 aliphatic carbocycles. The molecule has 8 heteroatoms. The fourth-order valence-electron chi connectivity index (χ4n) is 1.82. The SMILES string of the molecule is NCc1c(C(=O)O)nnn1CCCOc1ccc(F)cc1. The van der Waals surface area contributed by atoms with E-state index in [1.54, 1.807) is 12.1 Å². The number of carboxylic acid groups (broad SMARTS) is 1. The zero-order valence-electron chi connectivity index (χ0n) is 11.2. The van der Waals surface area contributed by atoms with E-state index in [-0.39, 0.29) is 18.1 Å². The molecule has 1 aromatic heterocycles. The fraction of sp³-hybridized carbons (Fsp3) is 0.308. The lowest BCUT2D eigenvalue weighted by Gasteiger charge is -2.07. The Labute approximate surface area is 120 Å². The van der Waals surface area contributed by atoms with Crippen molar-refractivity contribution in [2.45, 2.75) is 19.5 Å². The molecule has 21 heavy (non-hydrogen) atoms. The van der Waals surface area contributed by atoms with E-state index in [0.29, 0.717) is 31.0 Å². The van der Waals surface area contributed by atoms with Crippen LogP contribution in [0, 0.1) is 5.82 Å². The van der Waals surface area contributed by atoms with Gasteiger partial charge in [-0.3, -0.25) is 0 Å². The lowest BCUT2D eigenvalue weighted by atomic mass is 10.3. The second-order valence-corrected chi connectivity index (χ2v) is 4.27. The van der Waals surface area contributed by atoms with Gasteiger partial charge in [0.05, 0.1) is 12.3 Å². The van der Waals surface area contributed by atoms with Crippen LogP contribution in [0.2, 0.25) is 0 Å². The van der Waals surface area contributed by atoms with E-state index in [4.69, 9.17) is 15.6 Å². The smallest absolute Gasteiger partial charge is 0.358 e. The van der Waals surface area contributed by atoms with Gasteiger partial charge in [-0.25, -0.2) is 13.9 Å². The van der Waals surface area contributed by atoms with E-state index in [1.165, 1.54) is 16.8 Å². The van der Waals surface area contributed by atoms with Crippen molar-refractivity contribution in [1.82, 2.24) is 15.0 Å². The summed E-state index contributed by atoms with van der Waals surface area (Å²) in [6, 6.07) is 5.72. The van der Waals surface area contributed by atoms with Crippen molar-refractivity contribution in [2.75, 3.05) is 6.61 Å². The first kappa shape index (κ1) is 14.9. The molecule has 7 nitrogen and oxygen atoms in total. The molecule has 0 bridgehead atoms. The number of ether oxygens (including phenoxy) is 1. The summed E-state index contributed by atoms with van der Waals surface area (Å²) in [6.45, 7) is 0.874. The monoisotopic (exact) mass is 294 g/mol. The summed E-state index contributed by atoms with van der Waals surface area (Å²) < 4.78 is 19.6. The summed E-state index contributed by atoms with van der Waals surface area (Å²) in [5.41, 5.74) is 5.76. The van der Waals surface area contributed by atoms with E-state index < -0.39 is 5.97 Å². The fourth-order valence-corrected chi connectivity index (χ4v) is 1.82. The minimum atomic E-state index is -1.15. The van der Waals surface area contributed by atoms with Crippen LogP contribution in [-0.4, -0.2) is 32.7 Å². The average Bonchev–Trinajstić information content (AvgIpc) is 2.88. The summed E-state index contributed by atoms with van der Waals surface area (Å²) in [6.07, 6.45) is 0.590. The lowest BCUT2D eigenvalue weighted by molar-refractivity contribution is 0.0689. The highest BCUT2D eigenvalue weighted by Gasteiger charge is 2.17. The Balaban J connectivity index is 1.86. The van der Waals surface area contributed by atoms with Gasteiger partial charge in [0.15, 0.2) is 5.69 Å². The number of hydrogen-bond donors (Lipinski definition) is 2. The van der Waals surface area contributed by atoms with Crippen molar-refractivity contribution >= 4 is 5.97 Å². The summed E-state index contributed by atoms with van der Waals surface area (Å²) >= 11 is 0. The zero-order chi connectivity index (χ0) is 15.2. The average molecular weight is 294 g/mol. The van der Waals surface area contributed by atoms with Crippen LogP contribution in [0.3, 0.4) is 0 Å². The molecule has 0 aliphatic heterocycles. The molecule has 0 atom stereocenters. The number of aromatic nitrogens is 3. The van der Waals surface area contributed by atoms with Crippen molar-refractivity contribution < 1.29 is 19.0 Å². The maximum atomic E-state index is 12.7. The highest BCUT2D eigenvalue weighted by Crippen LogP contribution is 2.11. The van der Waals surface area contributed by atoms with E-state index in [9.17, 15) is 9.18 Å². The molecule has 1 aromatic carbocycles. The molecule has 0 saturated carbocycles. The molecular formula is C13H15FN4O3. The first-order chi connectivity index (χ1) is 10.1. The molecule has 0 fully saturated rings. The van der Waals surface area contributed by atoms with E-state index in [2.05, 4.69) is 10.3 Å². The first-order valence-corrected chi connectivity index (χ1v) is 6.36. The molecule has 0 aliphatic rings. The minimum Gasteiger partial charge on any atom is -0.494 e. The Hall–Kier alpha value is -2.48. The Bertz CT molecular complexity index is 612. The van der Waals surface area contributed by atoms with Gasteiger partial charge in [-0.2, -0.15) is 0 Å². The van der Waals surface area contributed by atoms with Gasteiger partial charge in [0.25, 0.3) is 0 Å². The Morgan fingerprint density at radius 2 is 2.10 bits per heavy atom. The van der Waals surface area contributed by atoms with Gasteiger partial charge >= 0.3 is 5.97 Å². The summed E-state index contributed by atoms with van der Waals surface area (Å²) in [5, 5.41) is 16.3. The maximum Gasteiger partial charge on any atom is 0.358 e. The molecule has 3 N–H and O–H groups in total. The third-order valence-electron chi connectivity index (χ3n) is 2.83. The normalized spacial score (nSPS) is 10.6. The molecule has 2 rings (SSSR count). The summed E-state index contributed by atoms with van der Waals surface area (Å²) in [4.78, 5) is 10.9. The molecule has 0 amide bonds. The number of carboxylic acids is 1. The lowest BCUT2D eigenvalue weighted by Crippen LogP contribution is -2.14. The Morgan fingerprint density at radius 1 is 1.38 bits per heavy atom. The number of nitrogens with zero attached hydrogens (tertiary/aromatic N) is 3. The number of aryl methyl sites for hydroxylation is 1. The van der Waals surface area contributed by atoms with Gasteiger partial charge in [0, 0.05) is 19.5 Å². The van der Waals surface area contributed by atoms with Crippen LogP contribution in [0.4, 0.5) is 4.39 Å². The molecule has 0 unspecified atom stereocenters. The molecule has 2 aromatic rings. The predicted octanol–water partition coefficient (Wildman–Crippen LogP) is 1.04. The predicted molar refractivity (Wildman–Crippen MR) is 71.4 cm³/mol. The zero-order valence-corrected chi connectivity index (χ0v) is 11.2. The number of nitrogens with two attached hydrogens (primary N) is 1. The first-order valence-electron chi connectivity index (χ1n) is 6.36. The van der Waals surface area contributed by atoms with E-state index in [0.717, 1.165) is 0 Å². The van der Waals surface area contributed by atoms with Crippen LogP contribution < -0.4 is 10.5 Å². The Morgan fingerprint density at radius 3 is 2.71 bits per heavy atom. The molecule has 112 valence electrons. The van der Waals surface area contributed by atoms with E-state index in [1.807, 2.05) is 0 Å². The Kier molecular flexibility index (Phi) is 4.83. The standard InChI is InChI=1S/C13H15FN4O3/c14-9-2-4-10(5-3-9)21-7-1-6-18-11(8-15)12(13(19)20)16-17-18/h2-5H,1,6-8,15H2,(H,19,20). The minimum absolute atomic E-state index is 0.0491. The number of rotatable bonds is 7. The van der Waals surface area contributed by atoms with Gasteiger partial charge < -0.3 is 15.6 Å². The molecular weight excluding hydrogens is 279 g/mol. The van der Waals surface area contributed by atoms with Gasteiger partial charge in [0.2, 0.25) is 0 Å². The van der Waals surface area contributed by atoms with Crippen molar-refractivity contribution in [3.05, 3.63) is 41.5 Å². The highest BCUT2D eigenvalue weighted by molar-refractivity contribution is 5.86. The van der Waals surface area contributed by atoms with Crippen molar-refractivity contribution in [3.63, 3.8) is 0 Å². The summed E-state index contributed by atoms with van der Waals surface area (Å²) in [5.74, 6) is -0.900. The van der Waals surface area contributed by atoms with Gasteiger partial charge in [-0.15, -0.1) is 5.10 Å². The van der Waals surface area contributed by atoms with Gasteiger partial charge in [-0.1, -0.05) is 5.21 Å². The van der Waals surface area contributed by atoms with Crippen LogP contribution in [0.5, 0.6) is 5.75 Å². The third kappa shape index (κ3) is 3.76. The van der Waals surface area contributed by atoms with E-state index >= 15 is 0 Å². The van der Waals surface area contributed by atoms with Gasteiger partial charge in [-0.05, 0) is 24.3 Å². The number of aromatic carboxylic acids is 1. The van der Waals surface area contributed by atoms with Crippen molar-refractivity contribution in [1.29, 1.82) is 0 Å². The summed E-state index contributed by atoms with van der Waals surface area (Å²) in [7, 11) is 0. The third-order valence-corrected chi connectivity index (χ3v) is 2.83. The largest absolute Gasteiger partial charge is 0.494 e. The number of carbonyl (C=O) groups is 1. The van der Waals surface area contributed by atoms with Crippen LogP contribution >= 0.6 is 0 Å². The molecule has 0 spiro atoms. The van der Waals surface area contributed by atoms with Crippen molar-refractivity contribution in [2.24, 2.45) is 5.73 Å². The quantitative estimate of drug-likeness (QED) is 0.740. The van der Waals surface area contributed by atoms with Crippen molar-refractivity contribution in [3.8, 4) is 5.75 Å². The molecule has 1 heterocycles. The van der Waals surface area contributed by atoms with Crippen LogP contribution in [0.15, 0.2) is 24.3 Å². The second-order valence-electron chi connectivity index (χ2n) is 4.27. The number of halogens is 1. The van der Waals surface area contributed by atoms with Crippen LogP contribution in [0.1, 0.15) is 22.6 Å². The van der Waals surface area contributed by atoms with Crippen LogP contribution in [0.25, 0.3) is 0 Å². The topological polar surface area (TPSA) is 103 Å². The second kappa shape index (κ2) is 6.80. The number of hydrogen-bond acceptors (Lipinski definition) is 5.